The molecule has 2 heteroatoms. The van der Waals surface area contributed by atoms with E-state index in [1.165, 1.54) is 0 Å². The van der Waals surface area contributed by atoms with E-state index in [4.69, 9.17) is 11.0 Å². The van der Waals surface area contributed by atoms with Gasteiger partial charge in [0.05, 0.1) is 27.3 Å². The summed E-state index contributed by atoms with van der Waals surface area (Å²) in [7, 11) is 0. The Hall–Kier alpha value is -7.00. The van der Waals surface area contributed by atoms with Crippen LogP contribution in [0.5, 0.6) is 0 Å². The molecule has 57 heavy (non-hydrogen) atoms. The molecule has 1 heterocycles. The van der Waals surface area contributed by atoms with Crippen molar-refractivity contribution in [2.75, 3.05) is 4.90 Å². The topological polar surface area (TPSA) is 3.24 Å². The molecule has 0 saturated carbocycles. The highest BCUT2D eigenvalue weighted by Crippen LogP contribution is 2.57. The molecule has 9 aromatic carbocycles. The normalized spacial score (nSPS) is 18.3. The Bertz CT molecular complexity index is 3960. The Morgan fingerprint density at radius 2 is 1.04 bits per heavy atom. The number of thiophene rings is 1. The lowest BCUT2D eigenvalue weighted by molar-refractivity contribution is 0.768. The minimum absolute atomic E-state index is 0.267. The zero-order valence-corrected chi connectivity index (χ0v) is 30.8. The minimum Gasteiger partial charge on any atom is -0.310 e. The highest BCUT2D eigenvalue weighted by atomic mass is 32.1. The van der Waals surface area contributed by atoms with E-state index in [9.17, 15) is 11.0 Å². The summed E-state index contributed by atoms with van der Waals surface area (Å²) in [6.07, 6.45) is 0. The molecule has 1 aliphatic carbocycles. The molecule has 0 amide bonds. The van der Waals surface area contributed by atoms with Crippen molar-refractivity contribution in [3.8, 4) is 33.4 Å². The molecule has 268 valence electrons. The molecule has 0 radical (unpaired) electrons. The second kappa shape index (κ2) is 13.6. The molecule has 0 bridgehead atoms. The van der Waals surface area contributed by atoms with Crippen molar-refractivity contribution in [2.24, 2.45) is 0 Å². The molecule has 0 N–H and O–H groups in total. The summed E-state index contributed by atoms with van der Waals surface area (Å²) in [5.74, 6) is 0. The molecule has 1 atom stereocenters. The maximum Gasteiger partial charge on any atom is 0.0714 e. The number of rotatable bonds is 7. The van der Waals surface area contributed by atoms with Crippen LogP contribution in [-0.2, 0) is 5.41 Å². The van der Waals surface area contributed by atoms with E-state index >= 15 is 0 Å². The van der Waals surface area contributed by atoms with Gasteiger partial charge in [0.25, 0.3) is 0 Å². The van der Waals surface area contributed by atoms with Crippen LogP contribution in [0, 0.1) is 0 Å². The third-order valence-electron chi connectivity index (χ3n) is 10.6. The zero-order valence-electron chi connectivity index (χ0n) is 46.0. The van der Waals surface area contributed by atoms with E-state index in [1.54, 1.807) is 40.5 Å². The van der Waals surface area contributed by atoms with Crippen LogP contribution in [-0.4, -0.2) is 0 Å². The van der Waals surface area contributed by atoms with Crippen LogP contribution in [0.25, 0.3) is 53.6 Å². The van der Waals surface area contributed by atoms with Gasteiger partial charge in [-0.2, -0.15) is 0 Å². The predicted octanol–water partition coefficient (Wildman–Crippen LogP) is 15.2. The van der Waals surface area contributed by atoms with Crippen molar-refractivity contribution in [3.63, 3.8) is 0 Å². The number of hydrogen-bond acceptors (Lipinski definition) is 2. The summed E-state index contributed by atoms with van der Waals surface area (Å²) >= 11 is 1.67. The van der Waals surface area contributed by atoms with Crippen LogP contribution in [0.1, 0.15) is 44.2 Å². The van der Waals surface area contributed by atoms with Crippen LogP contribution in [0.4, 0.5) is 17.1 Å². The van der Waals surface area contributed by atoms with Gasteiger partial charge < -0.3 is 4.90 Å². The fraction of sp³-hybridized carbons (Fsp3) is 0.0182. The van der Waals surface area contributed by atoms with Gasteiger partial charge in [0, 0.05) is 37.2 Å². The second-order valence-electron chi connectivity index (χ2n) is 13.6. The Morgan fingerprint density at radius 3 is 1.84 bits per heavy atom. The highest BCUT2D eigenvalue weighted by molar-refractivity contribution is 7.26. The van der Waals surface area contributed by atoms with E-state index in [1.807, 2.05) is 78.9 Å². The monoisotopic (exact) mass is 759 g/mol. The maximum atomic E-state index is 10.6. The Kier molecular flexibility index (Phi) is 4.97. The molecule has 0 spiro atoms. The van der Waals surface area contributed by atoms with Gasteiger partial charge in [-0.1, -0.05) is 182 Å². The smallest absolute Gasteiger partial charge is 0.0714 e. The first-order valence-electron chi connectivity index (χ1n) is 26.3. The Labute approximate surface area is 359 Å². The largest absolute Gasteiger partial charge is 0.310 e. The van der Waals surface area contributed by atoms with Crippen molar-refractivity contribution >= 4 is 48.6 Å². The second-order valence-corrected chi connectivity index (χ2v) is 14.7. The maximum absolute atomic E-state index is 10.6. The lowest BCUT2D eigenvalue weighted by Crippen LogP contribution is -2.28. The van der Waals surface area contributed by atoms with Crippen molar-refractivity contribution in [1.29, 1.82) is 0 Å². The quantitative estimate of drug-likeness (QED) is 0.156. The molecule has 10 aromatic rings. The van der Waals surface area contributed by atoms with Crippen LogP contribution in [0.15, 0.2) is 224 Å². The van der Waals surface area contributed by atoms with Gasteiger partial charge in [-0.05, 0) is 98.1 Å². The Balaban J connectivity index is 1.27. The number of nitrogens with zero attached hydrogens (tertiary/aromatic N) is 1. The van der Waals surface area contributed by atoms with E-state index < -0.39 is 135 Å². The Morgan fingerprint density at radius 1 is 0.404 bits per heavy atom. The third kappa shape index (κ3) is 5.37. The number of anilines is 3. The molecule has 1 aliphatic rings. The number of hydrogen-bond donors (Lipinski definition) is 0. The highest BCUT2D eigenvalue weighted by Gasteiger charge is 2.46. The first kappa shape index (κ1) is 20.8. The predicted molar refractivity (Wildman–Crippen MR) is 242 cm³/mol. The average molecular weight is 760 g/mol. The first-order chi connectivity index (χ1) is 34.9. The molecular formula is C55H37NS. The molecule has 1 nitrogen and oxygen atoms in total. The van der Waals surface area contributed by atoms with Gasteiger partial charge in [0.2, 0.25) is 0 Å². The lowest BCUT2D eigenvalue weighted by Gasteiger charge is -2.35. The molecule has 0 saturated heterocycles. The lowest BCUT2D eigenvalue weighted by atomic mass is 9.67. The van der Waals surface area contributed by atoms with E-state index in [2.05, 4.69) is 18.2 Å². The minimum atomic E-state index is -2.74. The van der Waals surface area contributed by atoms with Gasteiger partial charge >= 0.3 is 0 Å². The summed E-state index contributed by atoms with van der Waals surface area (Å²) < 4.78 is 151. The fourth-order valence-electron chi connectivity index (χ4n) is 8.06. The van der Waals surface area contributed by atoms with Crippen molar-refractivity contribution in [1.82, 2.24) is 0 Å². The van der Waals surface area contributed by atoms with Crippen LogP contribution < -0.4 is 4.90 Å². The van der Waals surface area contributed by atoms with E-state index in [0.717, 1.165) is 48.5 Å². The molecule has 1 aromatic heterocycles. The van der Waals surface area contributed by atoms with Gasteiger partial charge in [0.1, 0.15) is 0 Å². The standard InChI is InChI=1S/C55H37NS/c1-4-15-38(16-5-1)39-27-31-43(32-28-39)56(44-33-29-40(30-34-44)46-23-14-24-50-49-22-11-13-26-53(49)57-54(46)50)45-35-36-48-47-21-10-12-25-51(47)55(52(48)37-45,41-17-6-2-7-18-41)42-19-8-3-9-20-42/h1-37H/i2D,3D,6D,7D,8D,9D,10D,12D,17D,18D,19D,21D,25D,35D,36D,37D. The number of benzene rings is 9. The first-order valence-corrected chi connectivity index (χ1v) is 19.1. The van der Waals surface area contributed by atoms with Gasteiger partial charge in [-0.3, -0.25) is 0 Å². The van der Waals surface area contributed by atoms with Gasteiger partial charge in [-0.25, -0.2) is 0 Å². The molecular weight excluding hydrogens is 707 g/mol. The van der Waals surface area contributed by atoms with Crippen molar-refractivity contribution < 1.29 is 21.9 Å². The summed E-state index contributed by atoms with van der Waals surface area (Å²) in [4.78, 5) is 1.58. The summed E-state index contributed by atoms with van der Waals surface area (Å²) in [5, 5.41) is 2.22. The van der Waals surface area contributed by atoms with E-state index in [0.29, 0.717) is 11.4 Å². The van der Waals surface area contributed by atoms with Crippen LogP contribution >= 0.6 is 11.3 Å². The molecule has 0 fully saturated rings. The van der Waals surface area contributed by atoms with Crippen LogP contribution in [0.2, 0.25) is 0 Å². The summed E-state index contributed by atoms with van der Waals surface area (Å²) in [6, 6.07) is 27.3. The molecule has 1 unspecified atom stereocenters. The summed E-state index contributed by atoms with van der Waals surface area (Å²) in [5.41, 5.74) is -1.59. The van der Waals surface area contributed by atoms with Crippen molar-refractivity contribution in [2.45, 2.75) is 5.41 Å². The molecule has 0 aliphatic heterocycles. The summed E-state index contributed by atoms with van der Waals surface area (Å²) in [6.45, 7) is 0. The van der Waals surface area contributed by atoms with Crippen molar-refractivity contribution in [3.05, 3.63) is 246 Å². The third-order valence-corrected chi connectivity index (χ3v) is 11.8. The zero-order chi connectivity index (χ0) is 51.7. The number of fused-ring (bicyclic) bond motifs is 6. The van der Waals surface area contributed by atoms with E-state index in [-0.39, 0.29) is 5.69 Å². The average Bonchev–Trinajstić information content (AvgIpc) is 3.95. The van der Waals surface area contributed by atoms with Gasteiger partial charge in [0.15, 0.2) is 0 Å². The SMILES string of the molecule is [2H]c1cc(C2(c3c([2H])c([2H])c([2H])c([2H])c3[2H])c3c([2H])c([2H])c([2H])c([2H])c3-c3c([2H])c([2H])c(N(c4ccc(-c5ccccc5)cc4)c4ccc(-c5cccc6c5sc5ccccc56)cc4)c([2H])c32)c([2H])c([2H])c1[2H]. The van der Waals surface area contributed by atoms with Gasteiger partial charge in [-0.15, -0.1) is 11.3 Å². The van der Waals surface area contributed by atoms with Crippen LogP contribution in [0.3, 0.4) is 0 Å². The molecule has 11 rings (SSSR count). The fourth-order valence-corrected chi connectivity index (χ4v) is 9.30.